The molecule has 1 aromatic heterocycles. The van der Waals surface area contributed by atoms with E-state index in [4.69, 9.17) is 5.73 Å². The second-order valence-electron chi connectivity index (χ2n) is 7.76. The lowest BCUT2D eigenvalue weighted by Gasteiger charge is -2.22. The molecule has 12 heteroatoms. The van der Waals surface area contributed by atoms with E-state index in [1.807, 2.05) is 0 Å². The Kier molecular flexibility index (Phi) is 6.39. The maximum Gasteiger partial charge on any atom is 0.416 e. The summed E-state index contributed by atoms with van der Waals surface area (Å²) in [6.45, 7) is 1.42. The fourth-order valence-corrected chi connectivity index (χ4v) is 3.78. The summed E-state index contributed by atoms with van der Waals surface area (Å²) in [5, 5.41) is 9.43. The largest absolute Gasteiger partial charge is 0.416 e. The van der Waals surface area contributed by atoms with Crippen LogP contribution in [0.2, 0.25) is 0 Å². The summed E-state index contributed by atoms with van der Waals surface area (Å²) in [4.78, 5) is 30.3. The van der Waals surface area contributed by atoms with Crippen molar-refractivity contribution in [3.63, 3.8) is 0 Å². The minimum atomic E-state index is -4.58. The predicted molar refractivity (Wildman–Crippen MR) is 120 cm³/mol. The van der Waals surface area contributed by atoms with Gasteiger partial charge in [0, 0.05) is 18.7 Å². The number of carbonyl (C=O) groups excluding carboxylic acids is 2. The van der Waals surface area contributed by atoms with Crippen molar-refractivity contribution in [2.24, 2.45) is 5.73 Å². The average Bonchev–Trinajstić information content (AvgIpc) is 3.51. The highest BCUT2D eigenvalue weighted by Gasteiger charge is 2.31. The zero-order valence-electron chi connectivity index (χ0n) is 18.0. The molecule has 2 aromatic carbocycles. The number of nitrogens with one attached hydrogen (secondary N) is 2. The third kappa shape index (κ3) is 5.11. The van der Waals surface area contributed by atoms with Crippen LogP contribution in [0.4, 0.5) is 30.2 Å². The van der Waals surface area contributed by atoms with Crippen molar-refractivity contribution in [2.75, 3.05) is 35.2 Å². The molecule has 0 atom stereocenters. The van der Waals surface area contributed by atoms with Gasteiger partial charge in [-0.3, -0.25) is 9.59 Å². The van der Waals surface area contributed by atoms with Crippen LogP contribution < -0.4 is 21.3 Å². The number of nitrogens with zero attached hydrogens (tertiary/aromatic N) is 4. The van der Waals surface area contributed by atoms with Gasteiger partial charge in [0.25, 0.3) is 0 Å². The molecule has 0 bridgehead atoms. The standard InChI is InChI=1S/C22H22F3N7O2/c23-22(24,25)15-4-6-19(32-13-27-12-29-32)17(10-15)30-20(33)11-28-16-9-14(21(26)34)3-5-18(16)31-7-1-2-8-31/h3-6,9-10,12-13,28H,1-2,7-8,11H2,(H2,26,34)(H,30,33). The molecule has 0 spiro atoms. The predicted octanol–water partition coefficient (Wildman–Crippen LogP) is 3.04. The van der Waals surface area contributed by atoms with E-state index in [1.165, 1.54) is 23.4 Å². The normalized spacial score (nSPS) is 13.7. The molecule has 4 N–H and O–H groups in total. The molecule has 0 saturated carbocycles. The molecule has 3 aromatic rings. The number of hydrogen-bond donors (Lipinski definition) is 3. The summed E-state index contributed by atoms with van der Waals surface area (Å²) < 4.78 is 41.0. The quantitative estimate of drug-likeness (QED) is 0.486. The first kappa shape index (κ1) is 23.1. The van der Waals surface area contributed by atoms with Crippen molar-refractivity contribution in [1.29, 1.82) is 0 Å². The van der Waals surface area contributed by atoms with E-state index in [-0.39, 0.29) is 23.5 Å². The minimum Gasteiger partial charge on any atom is -0.374 e. The zero-order chi connectivity index (χ0) is 24.3. The van der Waals surface area contributed by atoms with E-state index < -0.39 is 23.6 Å². The molecule has 0 radical (unpaired) electrons. The minimum absolute atomic E-state index is 0.0715. The highest BCUT2D eigenvalue weighted by molar-refractivity contribution is 5.98. The molecule has 1 saturated heterocycles. The van der Waals surface area contributed by atoms with Gasteiger partial charge in [-0.05, 0) is 49.2 Å². The number of alkyl halides is 3. The summed E-state index contributed by atoms with van der Waals surface area (Å²) in [7, 11) is 0. The zero-order valence-corrected chi connectivity index (χ0v) is 18.0. The first-order valence-electron chi connectivity index (χ1n) is 10.5. The van der Waals surface area contributed by atoms with E-state index in [2.05, 4.69) is 25.6 Å². The van der Waals surface area contributed by atoms with E-state index in [0.717, 1.165) is 43.8 Å². The maximum atomic E-state index is 13.2. The van der Waals surface area contributed by atoms with Crippen LogP contribution in [0.25, 0.3) is 5.69 Å². The van der Waals surface area contributed by atoms with Gasteiger partial charge in [-0.25, -0.2) is 9.67 Å². The molecular formula is C22H22F3N7O2. The van der Waals surface area contributed by atoms with Gasteiger partial charge in [0.05, 0.1) is 34.9 Å². The molecule has 1 fully saturated rings. The van der Waals surface area contributed by atoms with Crippen LogP contribution in [0.15, 0.2) is 49.1 Å². The lowest BCUT2D eigenvalue weighted by molar-refractivity contribution is -0.137. The monoisotopic (exact) mass is 473 g/mol. The van der Waals surface area contributed by atoms with Gasteiger partial charge in [0.1, 0.15) is 12.7 Å². The topological polar surface area (TPSA) is 118 Å². The van der Waals surface area contributed by atoms with Crippen LogP contribution in [-0.2, 0) is 11.0 Å². The van der Waals surface area contributed by atoms with E-state index in [1.54, 1.807) is 18.2 Å². The van der Waals surface area contributed by atoms with Gasteiger partial charge in [0.2, 0.25) is 11.8 Å². The summed E-state index contributed by atoms with van der Waals surface area (Å²) in [5.74, 6) is -1.19. The van der Waals surface area contributed by atoms with Crippen LogP contribution in [0.1, 0.15) is 28.8 Å². The number of amides is 2. The second kappa shape index (κ2) is 9.41. The van der Waals surface area contributed by atoms with E-state index in [0.29, 0.717) is 5.69 Å². The Hall–Kier alpha value is -4.09. The second-order valence-corrected chi connectivity index (χ2v) is 7.76. The van der Waals surface area contributed by atoms with Crippen molar-refractivity contribution in [3.8, 4) is 5.69 Å². The highest BCUT2D eigenvalue weighted by atomic mass is 19.4. The molecule has 4 rings (SSSR count). The molecule has 2 heterocycles. The fraction of sp³-hybridized carbons (Fsp3) is 0.273. The summed E-state index contributed by atoms with van der Waals surface area (Å²) >= 11 is 0. The van der Waals surface area contributed by atoms with Crippen molar-refractivity contribution in [3.05, 3.63) is 60.2 Å². The van der Waals surface area contributed by atoms with Crippen molar-refractivity contribution in [1.82, 2.24) is 14.8 Å². The van der Waals surface area contributed by atoms with Gasteiger partial charge in [-0.15, -0.1) is 0 Å². The number of hydrogen-bond acceptors (Lipinski definition) is 6. The Morgan fingerprint density at radius 1 is 1.03 bits per heavy atom. The number of benzene rings is 2. The van der Waals surface area contributed by atoms with Gasteiger partial charge < -0.3 is 21.3 Å². The molecule has 1 aliphatic heterocycles. The Morgan fingerprint density at radius 2 is 1.76 bits per heavy atom. The number of halogens is 3. The Morgan fingerprint density at radius 3 is 2.41 bits per heavy atom. The number of rotatable bonds is 7. The number of anilines is 3. The SMILES string of the molecule is NC(=O)c1ccc(N2CCCC2)c(NCC(=O)Nc2cc(C(F)(F)F)ccc2-n2cncn2)c1. The molecule has 178 valence electrons. The van der Waals surface area contributed by atoms with E-state index >= 15 is 0 Å². The first-order valence-corrected chi connectivity index (χ1v) is 10.5. The smallest absolute Gasteiger partial charge is 0.374 e. The molecule has 34 heavy (non-hydrogen) atoms. The fourth-order valence-electron chi connectivity index (χ4n) is 3.78. The first-order chi connectivity index (χ1) is 16.2. The molecular weight excluding hydrogens is 451 g/mol. The third-order valence-corrected chi connectivity index (χ3v) is 5.43. The van der Waals surface area contributed by atoms with Gasteiger partial charge in [0.15, 0.2) is 0 Å². The summed E-state index contributed by atoms with van der Waals surface area (Å²) in [5.41, 5.74) is 6.27. The Balaban J connectivity index is 1.55. The molecule has 2 amide bonds. The highest BCUT2D eigenvalue weighted by Crippen LogP contribution is 2.33. The Bertz CT molecular complexity index is 1190. The van der Waals surface area contributed by atoms with Crippen molar-refractivity contribution in [2.45, 2.75) is 19.0 Å². The molecule has 0 aliphatic carbocycles. The van der Waals surface area contributed by atoms with Crippen LogP contribution in [0.3, 0.4) is 0 Å². The van der Waals surface area contributed by atoms with Crippen LogP contribution in [0, 0.1) is 0 Å². The number of carbonyl (C=O) groups is 2. The van der Waals surface area contributed by atoms with Crippen molar-refractivity contribution >= 4 is 28.9 Å². The van der Waals surface area contributed by atoms with Gasteiger partial charge in [-0.1, -0.05) is 0 Å². The number of aromatic nitrogens is 3. The third-order valence-electron chi connectivity index (χ3n) is 5.43. The van der Waals surface area contributed by atoms with Crippen LogP contribution >= 0.6 is 0 Å². The number of nitrogens with two attached hydrogens (primary N) is 1. The lowest BCUT2D eigenvalue weighted by Crippen LogP contribution is -2.25. The van der Waals surface area contributed by atoms with E-state index in [9.17, 15) is 22.8 Å². The molecule has 1 aliphatic rings. The number of primary amides is 1. The summed E-state index contributed by atoms with van der Waals surface area (Å²) in [6.07, 6.45) is 0.0131. The van der Waals surface area contributed by atoms with Crippen LogP contribution in [0.5, 0.6) is 0 Å². The molecule has 0 unspecified atom stereocenters. The van der Waals surface area contributed by atoms with Gasteiger partial charge >= 0.3 is 6.18 Å². The van der Waals surface area contributed by atoms with Gasteiger partial charge in [-0.2, -0.15) is 18.3 Å². The van der Waals surface area contributed by atoms with Crippen LogP contribution in [-0.4, -0.2) is 46.2 Å². The molecule has 9 nitrogen and oxygen atoms in total. The lowest BCUT2D eigenvalue weighted by atomic mass is 10.1. The Labute approximate surface area is 192 Å². The van der Waals surface area contributed by atoms with Crippen molar-refractivity contribution < 1.29 is 22.8 Å². The average molecular weight is 473 g/mol. The summed E-state index contributed by atoms with van der Waals surface area (Å²) in [6, 6.07) is 7.91. The maximum absolute atomic E-state index is 13.2.